The highest BCUT2D eigenvalue weighted by molar-refractivity contribution is 7.10. The van der Waals surface area contributed by atoms with Gasteiger partial charge in [-0.05, 0) is 42.0 Å². The predicted octanol–water partition coefficient (Wildman–Crippen LogP) is 5.06. The SMILES string of the molecule is CN1C(=O)N(c2cc(Cl)cc(Cl)c2)C(=O)[C@]12CN(Cc1cc(C(=O)O)cs1)C[C@@H]2c1ccc(C#N)cc1. The first-order valence-corrected chi connectivity index (χ1v) is 12.9. The van der Waals surface area contributed by atoms with Crippen LogP contribution in [-0.2, 0) is 11.3 Å². The summed E-state index contributed by atoms with van der Waals surface area (Å²) in [7, 11) is 1.61. The number of likely N-dealkylation sites (tertiary alicyclic amines) is 1. The van der Waals surface area contributed by atoms with Crippen molar-refractivity contribution in [2.45, 2.75) is 18.0 Å². The van der Waals surface area contributed by atoms with Crippen LogP contribution in [0.1, 0.15) is 32.3 Å². The Hall–Kier alpha value is -3.42. The number of halogens is 2. The normalized spacial score (nSPS) is 21.7. The van der Waals surface area contributed by atoms with Crippen molar-refractivity contribution in [2.24, 2.45) is 0 Å². The second-order valence-corrected chi connectivity index (χ2v) is 11.0. The molecule has 1 N–H and O–H groups in total. The summed E-state index contributed by atoms with van der Waals surface area (Å²) < 4.78 is 0. The number of carbonyl (C=O) groups is 3. The largest absolute Gasteiger partial charge is 0.478 e. The molecule has 2 saturated heterocycles. The van der Waals surface area contributed by atoms with Crippen LogP contribution in [0.2, 0.25) is 10.0 Å². The molecule has 188 valence electrons. The minimum atomic E-state index is -1.23. The van der Waals surface area contributed by atoms with Gasteiger partial charge in [0.1, 0.15) is 5.54 Å². The van der Waals surface area contributed by atoms with Crippen molar-refractivity contribution in [3.63, 3.8) is 0 Å². The van der Waals surface area contributed by atoms with E-state index >= 15 is 0 Å². The van der Waals surface area contributed by atoms with Crippen LogP contribution in [0.5, 0.6) is 0 Å². The lowest BCUT2D eigenvalue weighted by molar-refractivity contribution is -0.124. The molecule has 5 rings (SSSR count). The maximum Gasteiger partial charge on any atom is 0.336 e. The molecular weight excluding hydrogens is 535 g/mol. The summed E-state index contributed by atoms with van der Waals surface area (Å²) in [5, 5.41) is 20.7. The number of hydrogen-bond acceptors (Lipinski definition) is 6. The number of rotatable bonds is 5. The number of carboxylic acids is 1. The van der Waals surface area contributed by atoms with Crippen molar-refractivity contribution in [1.29, 1.82) is 5.26 Å². The number of nitriles is 1. The van der Waals surface area contributed by atoms with Crippen LogP contribution >= 0.6 is 34.5 Å². The van der Waals surface area contributed by atoms with E-state index in [-0.39, 0.29) is 17.8 Å². The van der Waals surface area contributed by atoms with Gasteiger partial charge in [-0.2, -0.15) is 5.26 Å². The quantitative estimate of drug-likeness (QED) is 0.442. The van der Waals surface area contributed by atoms with Crippen molar-refractivity contribution >= 4 is 58.1 Å². The van der Waals surface area contributed by atoms with Gasteiger partial charge in [0.15, 0.2) is 0 Å². The Morgan fingerprint density at radius 1 is 1.16 bits per heavy atom. The molecule has 0 unspecified atom stereocenters. The number of amides is 3. The average Bonchev–Trinajstić information content (AvgIpc) is 3.53. The lowest BCUT2D eigenvalue weighted by Gasteiger charge is -2.34. The predicted molar refractivity (Wildman–Crippen MR) is 140 cm³/mol. The smallest absolute Gasteiger partial charge is 0.336 e. The highest BCUT2D eigenvalue weighted by Gasteiger charge is 2.64. The summed E-state index contributed by atoms with van der Waals surface area (Å²) in [6, 6.07) is 14.8. The van der Waals surface area contributed by atoms with Gasteiger partial charge in [-0.1, -0.05) is 35.3 Å². The Morgan fingerprint density at radius 2 is 1.84 bits per heavy atom. The van der Waals surface area contributed by atoms with Crippen LogP contribution in [0.3, 0.4) is 0 Å². The minimum absolute atomic E-state index is 0.214. The van der Waals surface area contributed by atoms with Gasteiger partial charge in [0.05, 0.1) is 22.9 Å². The van der Waals surface area contributed by atoms with E-state index in [0.717, 1.165) is 15.3 Å². The van der Waals surface area contributed by atoms with Crippen molar-refractivity contribution in [2.75, 3.05) is 25.0 Å². The standard InChI is InChI=1S/C26H20Cl2N4O4S/c1-30-25(36)32(20-8-18(27)7-19(28)9-20)24(35)26(30)14-31(11-21-6-17(13-37-21)23(33)34)12-22(26)16-4-2-15(10-29)3-5-16/h2-9,13,22H,11-12,14H2,1H3,(H,33,34)/t22-,26-/m1/s1. The van der Waals surface area contributed by atoms with Gasteiger partial charge in [-0.15, -0.1) is 11.3 Å². The van der Waals surface area contributed by atoms with E-state index in [1.54, 1.807) is 30.6 Å². The van der Waals surface area contributed by atoms with Gasteiger partial charge in [0, 0.05) is 52.9 Å². The molecule has 8 nitrogen and oxygen atoms in total. The van der Waals surface area contributed by atoms with E-state index < -0.39 is 29.4 Å². The molecule has 2 aliphatic heterocycles. The third-order valence-electron chi connectivity index (χ3n) is 6.96. The third-order valence-corrected chi connectivity index (χ3v) is 8.32. The molecule has 3 heterocycles. The number of nitrogens with zero attached hydrogens (tertiary/aromatic N) is 4. The van der Waals surface area contributed by atoms with Gasteiger partial charge in [0.25, 0.3) is 5.91 Å². The van der Waals surface area contributed by atoms with E-state index in [1.165, 1.54) is 34.4 Å². The Balaban J connectivity index is 1.56. The summed E-state index contributed by atoms with van der Waals surface area (Å²) in [6.45, 7) is 1.11. The number of likely N-dealkylation sites (N-methyl/N-ethyl adjacent to an activating group) is 1. The van der Waals surface area contributed by atoms with E-state index in [0.29, 0.717) is 28.7 Å². The minimum Gasteiger partial charge on any atom is -0.478 e. The molecule has 3 amide bonds. The van der Waals surface area contributed by atoms with Crippen molar-refractivity contribution in [3.05, 3.63) is 85.5 Å². The molecule has 1 spiro atoms. The maximum atomic E-state index is 14.2. The van der Waals surface area contributed by atoms with E-state index in [1.807, 2.05) is 12.1 Å². The zero-order chi connectivity index (χ0) is 26.5. The number of benzene rings is 2. The zero-order valence-electron chi connectivity index (χ0n) is 19.5. The van der Waals surface area contributed by atoms with Gasteiger partial charge < -0.3 is 10.0 Å². The molecule has 0 saturated carbocycles. The number of hydrogen-bond donors (Lipinski definition) is 1. The van der Waals surface area contributed by atoms with Crippen LogP contribution < -0.4 is 4.90 Å². The molecule has 0 aliphatic carbocycles. The summed E-state index contributed by atoms with van der Waals surface area (Å²) in [6.07, 6.45) is 0. The zero-order valence-corrected chi connectivity index (χ0v) is 21.8. The number of thiophene rings is 1. The first-order chi connectivity index (χ1) is 17.6. The van der Waals surface area contributed by atoms with Crippen LogP contribution in [0.4, 0.5) is 10.5 Å². The monoisotopic (exact) mass is 554 g/mol. The molecule has 11 heteroatoms. The Labute approximate surface area is 226 Å². The molecule has 37 heavy (non-hydrogen) atoms. The van der Waals surface area contributed by atoms with Crippen LogP contribution in [0, 0.1) is 11.3 Å². The van der Waals surface area contributed by atoms with E-state index in [4.69, 9.17) is 23.2 Å². The van der Waals surface area contributed by atoms with Gasteiger partial charge in [-0.25, -0.2) is 14.5 Å². The number of carboxylic acid groups (broad SMARTS) is 1. The molecule has 1 aromatic heterocycles. The fraction of sp³-hybridized carbons (Fsp3) is 0.231. The fourth-order valence-corrected chi connectivity index (χ4v) is 6.62. The summed E-state index contributed by atoms with van der Waals surface area (Å²) in [5.41, 5.74) is 0.582. The molecular formula is C26H20Cl2N4O4S. The molecule has 2 fully saturated rings. The van der Waals surface area contributed by atoms with Crippen molar-refractivity contribution in [1.82, 2.24) is 9.80 Å². The lowest BCUT2D eigenvalue weighted by atomic mass is 9.80. The number of anilines is 1. The highest BCUT2D eigenvalue weighted by atomic mass is 35.5. The number of aromatic carboxylic acids is 1. The lowest BCUT2D eigenvalue weighted by Crippen LogP contribution is -2.53. The van der Waals surface area contributed by atoms with Gasteiger partial charge in [0.2, 0.25) is 0 Å². The summed E-state index contributed by atoms with van der Waals surface area (Å²) in [5.74, 6) is -1.80. The molecule has 0 radical (unpaired) electrons. The topological polar surface area (TPSA) is 105 Å². The van der Waals surface area contributed by atoms with Crippen LogP contribution in [0.25, 0.3) is 0 Å². The maximum absolute atomic E-state index is 14.2. The highest BCUT2D eigenvalue weighted by Crippen LogP contribution is 2.47. The number of urea groups is 1. The number of imide groups is 1. The second kappa shape index (κ2) is 9.47. The van der Waals surface area contributed by atoms with Crippen LogP contribution in [-0.4, -0.2) is 58.5 Å². The summed E-state index contributed by atoms with van der Waals surface area (Å²) in [4.78, 5) is 44.6. The summed E-state index contributed by atoms with van der Waals surface area (Å²) >= 11 is 13.7. The fourth-order valence-electron chi connectivity index (χ4n) is 5.21. The van der Waals surface area contributed by atoms with Gasteiger partial charge in [-0.3, -0.25) is 9.69 Å². The third kappa shape index (κ3) is 4.26. The van der Waals surface area contributed by atoms with Crippen molar-refractivity contribution in [3.8, 4) is 6.07 Å². The first-order valence-electron chi connectivity index (χ1n) is 11.3. The Bertz CT molecular complexity index is 1450. The molecule has 2 aromatic carbocycles. The van der Waals surface area contributed by atoms with E-state index in [9.17, 15) is 24.8 Å². The second-order valence-electron chi connectivity index (χ2n) is 9.10. The van der Waals surface area contributed by atoms with Crippen molar-refractivity contribution < 1.29 is 19.5 Å². The Morgan fingerprint density at radius 3 is 2.43 bits per heavy atom. The van der Waals surface area contributed by atoms with E-state index in [2.05, 4.69) is 11.0 Å². The molecule has 2 atom stereocenters. The Kier molecular flexibility index (Phi) is 6.46. The molecule has 0 bridgehead atoms. The average molecular weight is 555 g/mol. The molecule has 2 aliphatic rings. The van der Waals surface area contributed by atoms with Gasteiger partial charge >= 0.3 is 12.0 Å². The van der Waals surface area contributed by atoms with Crippen LogP contribution in [0.15, 0.2) is 53.9 Å². The number of carbonyl (C=O) groups excluding carboxylic acids is 2. The molecule has 3 aromatic rings. The first kappa shape index (κ1) is 25.2.